The van der Waals surface area contributed by atoms with E-state index in [9.17, 15) is 23.6 Å². The molecule has 0 saturated carbocycles. The number of nitrogens with two attached hydrogens (primary N) is 1. The molecule has 1 aromatic rings. The Kier molecular flexibility index (Phi) is 6.00. The summed E-state index contributed by atoms with van der Waals surface area (Å²) in [5.41, 5.74) is 1.67. The van der Waals surface area contributed by atoms with Gasteiger partial charge in [-0.05, 0) is 0 Å². The van der Waals surface area contributed by atoms with Crippen LogP contribution in [-0.4, -0.2) is 56.2 Å². The molecule has 0 bridgehead atoms. The molecule has 1 atom stereocenters. The molecule has 0 aromatic carbocycles. The van der Waals surface area contributed by atoms with Gasteiger partial charge < -0.3 is 15.3 Å². The lowest BCUT2D eigenvalue weighted by Gasteiger charge is -2.19. The van der Waals surface area contributed by atoms with Crippen LogP contribution in [0.25, 0.3) is 0 Å². The molecule has 1 aromatic heterocycles. The van der Waals surface area contributed by atoms with Gasteiger partial charge in [0.1, 0.15) is 4.21 Å². The van der Waals surface area contributed by atoms with Gasteiger partial charge in [-0.1, -0.05) is 11.3 Å². The van der Waals surface area contributed by atoms with E-state index in [2.05, 4.69) is 5.43 Å². The second kappa shape index (κ2) is 7.11. The van der Waals surface area contributed by atoms with Crippen LogP contribution in [0.5, 0.6) is 0 Å². The molecule has 4 N–H and O–H groups in total. The van der Waals surface area contributed by atoms with Gasteiger partial charge in [-0.25, -0.2) is 14.3 Å². The smallest absolute Gasteiger partial charge is 0.306 e. The number of ether oxygens (including phenoxy) is 1. The van der Waals surface area contributed by atoms with Gasteiger partial charge in [0.15, 0.2) is 5.00 Å². The average molecular weight is 340 g/mol. The summed E-state index contributed by atoms with van der Waals surface area (Å²) in [7, 11) is -1.33. The Morgan fingerprint density at radius 3 is 2.71 bits per heavy atom. The summed E-state index contributed by atoms with van der Waals surface area (Å²) in [5.74, 6) is 5.13. The molecule has 1 unspecified atom stereocenters. The van der Waals surface area contributed by atoms with Crippen LogP contribution in [0.3, 0.4) is 0 Å². The Balaban J connectivity index is 3.05. The van der Waals surface area contributed by atoms with E-state index in [0.29, 0.717) is 11.3 Å². The molecule has 10 nitrogen and oxygen atoms in total. The number of hydrogen-bond donors (Lipinski definition) is 3. The van der Waals surface area contributed by atoms with Crippen molar-refractivity contribution in [2.75, 3.05) is 32.7 Å². The number of hydrogen-bond acceptors (Lipinski definition) is 9. The summed E-state index contributed by atoms with van der Waals surface area (Å²) in [6, 6.07) is 0.925. The number of sulfonamides is 1. The molecule has 120 valence electrons. The highest BCUT2D eigenvalue weighted by Crippen LogP contribution is 2.37. The lowest BCUT2D eigenvalue weighted by molar-refractivity contribution is -0.383. The number of anilines is 1. The van der Waals surface area contributed by atoms with Crippen molar-refractivity contribution in [1.82, 2.24) is 4.31 Å². The highest BCUT2D eigenvalue weighted by Gasteiger charge is 2.29. The number of rotatable bonds is 8. The Morgan fingerprint density at radius 1 is 1.67 bits per heavy atom. The fourth-order valence-corrected chi connectivity index (χ4v) is 4.18. The number of nitrogen functional groups attached to an aromatic ring is 1. The van der Waals surface area contributed by atoms with Gasteiger partial charge >= 0.3 is 5.69 Å². The van der Waals surface area contributed by atoms with Crippen molar-refractivity contribution in [3.63, 3.8) is 0 Å². The number of nitrogens with one attached hydrogen (secondary N) is 1. The number of nitro groups is 1. The van der Waals surface area contributed by atoms with Crippen LogP contribution in [0.2, 0.25) is 0 Å². The van der Waals surface area contributed by atoms with Gasteiger partial charge in [0, 0.05) is 26.8 Å². The molecular formula is C9H16N4O6S2. The molecule has 1 heterocycles. The number of aliphatic hydroxyl groups is 1. The summed E-state index contributed by atoms with van der Waals surface area (Å²) in [4.78, 5) is 10.1. The van der Waals surface area contributed by atoms with Crippen LogP contribution in [0.15, 0.2) is 10.3 Å². The van der Waals surface area contributed by atoms with E-state index < -0.39 is 26.7 Å². The zero-order valence-corrected chi connectivity index (χ0v) is 13.0. The summed E-state index contributed by atoms with van der Waals surface area (Å²) in [5, 5.41) is 20.3. The van der Waals surface area contributed by atoms with Gasteiger partial charge in [-0.15, -0.1) is 0 Å². The normalized spacial score (nSPS) is 13.4. The topological polar surface area (TPSA) is 148 Å². The van der Waals surface area contributed by atoms with Crippen molar-refractivity contribution in [1.29, 1.82) is 0 Å². The van der Waals surface area contributed by atoms with Crippen molar-refractivity contribution < 1.29 is 23.2 Å². The van der Waals surface area contributed by atoms with E-state index in [0.717, 1.165) is 10.4 Å². The van der Waals surface area contributed by atoms with Gasteiger partial charge in [-0.2, -0.15) is 4.31 Å². The summed E-state index contributed by atoms with van der Waals surface area (Å²) >= 11 is 0.643. The summed E-state index contributed by atoms with van der Waals surface area (Å²) < 4.78 is 29.9. The fourth-order valence-electron chi connectivity index (χ4n) is 1.52. The predicted molar refractivity (Wildman–Crippen MR) is 76.5 cm³/mol. The lowest BCUT2D eigenvalue weighted by atomic mass is 10.4. The molecule has 0 radical (unpaired) electrons. The van der Waals surface area contributed by atoms with E-state index in [-0.39, 0.29) is 22.4 Å². The third kappa shape index (κ3) is 4.09. The van der Waals surface area contributed by atoms with Crippen LogP contribution < -0.4 is 11.3 Å². The predicted octanol–water partition coefficient (Wildman–Crippen LogP) is -0.430. The highest BCUT2D eigenvalue weighted by atomic mass is 32.2. The fraction of sp³-hybridized carbons (Fsp3) is 0.556. The minimum atomic E-state index is -3.96. The maximum atomic E-state index is 12.3. The number of hydrazine groups is 1. The molecule has 12 heteroatoms. The van der Waals surface area contributed by atoms with Crippen LogP contribution in [0.4, 0.5) is 10.7 Å². The number of methoxy groups -OCH3 is 1. The van der Waals surface area contributed by atoms with Crippen LogP contribution in [-0.2, 0) is 14.8 Å². The number of aliphatic hydroxyl groups excluding tert-OH is 1. The van der Waals surface area contributed by atoms with Crippen molar-refractivity contribution in [3.8, 4) is 0 Å². The van der Waals surface area contributed by atoms with Crippen LogP contribution >= 0.6 is 11.3 Å². The maximum Gasteiger partial charge on any atom is 0.306 e. The Hall–Kier alpha value is -1.31. The highest BCUT2D eigenvalue weighted by molar-refractivity contribution is 7.91. The molecule has 21 heavy (non-hydrogen) atoms. The van der Waals surface area contributed by atoms with Gasteiger partial charge in [0.05, 0.1) is 17.6 Å². The van der Waals surface area contributed by atoms with E-state index in [1.54, 1.807) is 0 Å². The first kappa shape index (κ1) is 17.7. The Morgan fingerprint density at radius 2 is 2.29 bits per heavy atom. The largest absolute Gasteiger partial charge is 0.389 e. The van der Waals surface area contributed by atoms with Crippen molar-refractivity contribution >= 4 is 32.0 Å². The van der Waals surface area contributed by atoms with Gasteiger partial charge in [0.25, 0.3) is 10.0 Å². The monoisotopic (exact) mass is 340 g/mol. The quantitative estimate of drug-likeness (QED) is 0.328. The number of thiophene rings is 1. The van der Waals surface area contributed by atoms with E-state index in [1.807, 2.05) is 0 Å². The van der Waals surface area contributed by atoms with Crippen molar-refractivity contribution in [2.24, 2.45) is 5.84 Å². The lowest BCUT2D eigenvalue weighted by Crippen LogP contribution is -2.35. The Bertz CT molecular complexity index is 601. The van der Waals surface area contributed by atoms with Crippen LogP contribution in [0.1, 0.15) is 0 Å². The zero-order chi connectivity index (χ0) is 16.2. The Labute approximate surface area is 125 Å². The van der Waals surface area contributed by atoms with E-state index in [1.165, 1.54) is 14.2 Å². The SMILES string of the molecule is COCC(O)CN(C)S(=O)(=O)c1cc([N+](=O)[O-])c(NN)s1. The first-order valence-corrected chi connectivity index (χ1v) is 7.87. The molecule has 0 amide bonds. The standard InChI is InChI=1S/C9H16N4O6S2/c1-12(4-6(14)5-19-2)21(17,18)8-3-7(13(15)16)9(11-10)20-8/h3,6,11,14H,4-5,10H2,1-2H3. The second-order valence-electron chi connectivity index (χ2n) is 4.08. The second-order valence-corrected chi connectivity index (χ2v) is 7.40. The third-order valence-electron chi connectivity index (χ3n) is 2.51. The average Bonchev–Trinajstić information content (AvgIpc) is 2.83. The van der Waals surface area contributed by atoms with Gasteiger partial charge in [-0.3, -0.25) is 10.1 Å². The molecule has 0 aliphatic heterocycles. The first-order valence-electron chi connectivity index (χ1n) is 5.62. The molecular weight excluding hydrogens is 324 g/mol. The minimum Gasteiger partial charge on any atom is -0.389 e. The minimum absolute atomic E-state index is 0.0277. The number of likely N-dealkylation sites (N-methyl/N-ethyl adjacent to an activating group) is 1. The molecule has 0 saturated heterocycles. The molecule has 0 aliphatic rings. The molecule has 0 fully saturated rings. The number of nitrogens with zero attached hydrogens (tertiary/aromatic N) is 2. The van der Waals surface area contributed by atoms with Crippen molar-refractivity contribution in [2.45, 2.75) is 10.3 Å². The summed E-state index contributed by atoms with van der Waals surface area (Å²) in [6.45, 7) is -0.229. The maximum absolute atomic E-state index is 12.3. The van der Waals surface area contributed by atoms with E-state index >= 15 is 0 Å². The van der Waals surface area contributed by atoms with Crippen LogP contribution in [0, 0.1) is 10.1 Å². The third-order valence-corrected chi connectivity index (χ3v) is 5.84. The van der Waals surface area contributed by atoms with Gasteiger partial charge in [0.2, 0.25) is 0 Å². The van der Waals surface area contributed by atoms with Crippen molar-refractivity contribution in [3.05, 3.63) is 16.2 Å². The summed E-state index contributed by atoms with van der Waals surface area (Å²) in [6.07, 6.45) is -1.00. The molecule has 0 aliphatic carbocycles. The first-order chi connectivity index (χ1) is 9.73. The zero-order valence-electron chi connectivity index (χ0n) is 11.3. The van der Waals surface area contributed by atoms with E-state index in [4.69, 9.17) is 10.6 Å². The molecule has 1 rings (SSSR count). The molecule has 0 spiro atoms.